The summed E-state index contributed by atoms with van der Waals surface area (Å²) in [5, 5.41) is 10.9. The average molecular weight is 693 g/mol. The zero-order valence-corrected chi connectivity index (χ0v) is 32.0. The molecule has 0 fully saturated rings. The summed E-state index contributed by atoms with van der Waals surface area (Å²) >= 11 is 0. The second-order valence-corrected chi connectivity index (χ2v) is 12.1. The number of allylic oxidation sites excluding steroid dienone is 1. The van der Waals surface area contributed by atoms with Gasteiger partial charge in [0, 0.05) is 24.3 Å². The van der Waals surface area contributed by atoms with Gasteiger partial charge in [-0.15, -0.1) is 5.43 Å². The van der Waals surface area contributed by atoms with E-state index in [-0.39, 0.29) is 116 Å². The second-order valence-electron chi connectivity index (χ2n) is 8.06. The van der Waals surface area contributed by atoms with Crippen LogP contribution in [0.1, 0.15) is 23.6 Å². The second kappa shape index (κ2) is 17.0. The van der Waals surface area contributed by atoms with Crippen molar-refractivity contribution in [3.05, 3.63) is 92.4 Å². The van der Waals surface area contributed by atoms with Crippen LogP contribution in [0.15, 0.2) is 75.4 Å². The summed E-state index contributed by atoms with van der Waals surface area (Å²) in [6.45, 7) is 1.59. The molecule has 0 radical (unpaired) electrons. The maximum absolute atomic E-state index is 12.7. The van der Waals surface area contributed by atoms with Gasteiger partial charge in [0.1, 0.15) is 36.0 Å². The van der Waals surface area contributed by atoms with Crippen LogP contribution < -0.4 is 94.1 Å². The van der Waals surface area contributed by atoms with Gasteiger partial charge in [-0.1, -0.05) is 30.4 Å². The van der Waals surface area contributed by atoms with E-state index in [2.05, 4.69) is 5.43 Å². The van der Waals surface area contributed by atoms with E-state index in [4.69, 9.17) is 0 Å². The monoisotopic (exact) mass is 692 g/mol. The summed E-state index contributed by atoms with van der Waals surface area (Å²) in [6.07, 6.45) is 4.72. The van der Waals surface area contributed by atoms with Crippen molar-refractivity contribution in [3.63, 3.8) is 0 Å². The van der Waals surface area contributed by atoms with Crippen molar-refractivity contribution in [2.75, 3.05) is 5.43 Å². The predicted octanol–water partition coefficient (Wildman–Crippen LogP) is -6.04. The number of nitro benzene ring substituents is 1. The molecule has 0 aliphatic carbocycles. The number of hydrogen-bond acceptors (Lipinski definition) is 12. The van der Waals surface area contributed by atoms with Gasteiger partial charge >= 0.3 is 88.7 Å². The van der Waals surface area contributed by atoms with Crippen LogP contribution in [-0.4, -0.2) is 48.7 Å². The van der Waals surface area contributed by atoms with Gasteiger partial charge in [0.15, 0.2) is 4.87 Å². The Kier molecular flexibility index (Phi) is 16.5. The van der Waals surface area contributed by atoms with Gasteiger partial charge < -0.3 is 13.7 Å². The first-order chi connectivity index (χ1) is 18.9. The third-order valence-electron chi connectivity index (χ3n) is 5.28. The number of nitro groups is 1. The maximum Gasteiger partial charge on any atom is 1.00 e. The van der Waals surface area contributed by atoms with E-state index in [0.29, 0.717) is 12.1 Å². The molecule has 3 rings (SSSR count). The summed E-state index contributed by atoms with van der Waals surface area (Å²) in [4.78, 5) is 20.2. The smallest absolute Gasteiger partial charge is 0.744 e. The molecule has 216 valence electrons. The van der Waals surface area contributed by atoms with E-state index in [0.717, 1.165) is 42.5 Å². The first kappa shape index (κ1) is 42.7. The van der Waals surface area contributed by atoms with E-state index in [9.17, 15) is 53.9 Å². The fourth-order valence-electron chi connectivity index (χ4n) is 3.49. The standard InChI is InChI=1S/C23H19N3O12S3.3Na/c1-2-3-15-6-9-18(12-21(15)39(30,31)32)24-25(27)19-10-7-16(22(13-19)40(33,34)35)4-5-17-8-11-20(26(28)29)14-23(17)41(36,37)38;;;/h2-14H,1H3,(H3-,24,27,30,31,32,33,34,35,36,37,38);;;/q;3*+1/p-2/b3-2+,5-4+;;;. The molecule has 15 nitrogen and oxygen atoms in total. The fourth-order valence-corrected chi connectivity index (χ4v) is 5.57. The summed E-state index contributed by atoms with van der Waals surface area (Å²) in [5.41, 5.74) is 0.291. The molecule has 0 amide bonds. The maximum atomic E-state index is 12.7. The molecule has 44 heavy (non-hydrogen) atoms. The van der Waals surface area contributed by atoms with Crippen LogP contribution in [0.2, 0.25) is 0 Å². The molecule has 0 aliphatic heterocycles. The van der Waals surface area contributed by atoms with Gasteiger partial charge in [-0.05, 0) is 47.9 Å². The number of nitrogens with one attached hydrogen (secondary N) is 1. The number of anilines is 1. The van der Waals surface area contributed by atoms with Crippen LogP contribution in [0.25, 0.3) is 18.2 Å². The van der Waals surface area contributed by atoms with Crippen molar-refractivity contribution in [2.45, 2.75) is 21.6 Å². The van der Waals surface area contributed by atoms with Crippen molar-refractivity contribution in [3.8, 4) is 0 Å². The summed E-state index contributed by atoms with van der Waals surface area (Å²) in [5.74, 6) is 0. The number of hydrogen-bond donors (Lipinski definition) is 1. The predicted molar refractivity (Wildman–Crippen MR) is 140 cm³/mol. The van der Waals surface area contributed by atoms with E-state index < -0.39 is 61.3 Å². The van der Waals surface area contributed by atoms with Gasteiger partial charge in [-0.2, -0.15) is 0 Å². The minimum atomic E-state index is -5.25. The molecule has 0 heterocycles. The number of benzene rings is 3. The Bertz CT molecular complexity index is 1970. The quantitative estimate of drug-likeness (QED) is 0.0520. The van der Waals surface area contributed by atoms with E-state index in [1.165, 1.54) is 24.3 Å². The third-order valence-corrected chi connectivity index (χ3v) is 7.96. The van der Waals surface area contributed by atoms with Gasteiger partial charge in [0.2, 0.25) is 0 Å². The Morgan fingerprint density at radius 1 is 0.614 bits per heavy atom. The molecule has 0 aromatic heterocycles. The van der Waals surface area contributed by atoms with E-state index >= 15 is 0 Å². The topological polar surface area (TPSA) is 247 Å². The SMILES string of the molecule is C/C=C/c1ccc(N[N+](=O)c2ccc(/C=C/c3ccc([N+](=O)[O-])cc3S(=O)(=O)[O-])c(S(=O)(=O)[O-])c2)cc1S(=O)(=O)[O-].[Na+].[Na+].[Na+]. The molecule has 0 atom stereocenters. The molecule has 3 aromatic carbocycles. The third kappa shape index (κ3) is 11.2. The van der Waals surface area contributed by atoms with Gasteiger partial charge in [-0.25, -0.2) is 25.3 Å². The zero-order valence-electron chi connectivity index (χ0n) is 23.5. The summed E-state index contributed by atoms with van der Waals surface area (Å²) in [7, 11) is -15.4. The Hall–Kier alpha value is -1.33. The molecule has 0 spiro atoms. The van der Waals surface area contributed by atoms with E-state index in [1.807, 2.05) is 0 Å². The van der Waals surface area contributed by atoms with E-state index in [1.54, 1.807) is 6.92 Å². The van der Waals surface area contributed by atoms with Crippen molar-refractivity contribution >= 4 is 65.6 Å². The number of rotatable bonds is 10. The van der Waals surface area contributed by atoms with Gasteiger partial charge in [-0.3, -0.25) is 10.1 Å². The molecule has 0 saturated heterocycles. The van der Waals surface area contributed by atoms with Crippen LogP contribution in [0, 0.1) is 15.0 Å². The summed E-state index contributed by atoms with van der Waals surface area (Å²) in [6, 6.07) is 8.47. The molecule has 0 unspecified atom stereocenters. The van der Waals surface area contributed by atoms with Gasteiger partial charge in [0.25, 0.3) is 11.4 Å². The summed E-state index contributed by atoms with van der Waals surface area (Å²) < 4.78 is 105. The Morgan fingerprint density at radius 3 is 1.43 bits per heavy atom. The first-order valence-electron chi connectivity index (χ1n) is 10.9. The molecule has 0 saturated carbocycles. The van der Waals surface area contributed by atoms with Crippen molar-refractivity contribution < 1.29 is 137 Å². The number of nitroso groups, excluding NO2 is 1. The minimum absolute atomic E-state index is 0. The van der Waals surface area contributed by atoms with Gasteiger partial charge in [0.05, 0.1) is 24.5 Å². The zero-order chi connectivity index (χ0) is 30.8. The largest absolute Gasteiger partial charge is 1.00 e. The Morgan fingerprint density at radius 2 is 1.00 bits per heavy atom. The van der Waals surface area contributed by atoms with Crippen LogP contribution >= 0.6 is 0 Å². The van der Waals surface area contributed by atoms with Crippen molar-refractivity contribution in [2.24, 2.45) is 0 Å². The van der Waals surface area contributed by atoms with Crippen LogP contribution in [-0.2, 0) is 30.4 Å². The molecule has 3 aromatic rings. The molecular formula is C23H17N3Na3O12S3+. The van der Waals surface area contributed by atoms with Crippen molar-refractivity contribution in [1.82, 2.24) is 0 Å². The average Bonchev–Trinajstić information content (AvgIpc) is 2.86. The first-order valence-corrected chi connectivity index (χ1v) is 15.1. The fraction of sp³-hybridized carbons (Fsp3) is 0.0435. The minimum Gasteiger partial charge on any atom is -0.744 e. The molecule has 1 N–H and O–H groups in total. The Labute approximate surface area is 318 Å². The number of nitrogens with zero attached hydrogens (tertiary/aromatic N) is 2. The number of hydrazine groups is 1. The molecule has 21 heteroatoms. The van der Waals surface area contributed by atoms with Crippen LogP contribution in [0.4, 0.5) is 17.1 Å². The molecule has 0 bridgehead atoms. The molecule has 0 aliphatic rings. The van der Waals surface area contributed by atoms with Crippen LogP contribution in [0.3, 0.4) is 0 Å². The van der Waals surface area contributed by atoms with Crippen LogP contribution in [0.5, 0.6) is 0 Å². The number of non-ortho nitro benzene ring substituents is 1. The normalized spacial score (nSPS) is 11.7. The Balaban J connectivity index is 0.00000616. The molecular weight excluding hydrogens is 675 g/mol. The van der Waals surface area contributed by atoms with Crippen molar-refractivity contribution in [1.29, 1.82) is 0 Å².